The summed E-state index contributed by atoms with van der Waals surface area (Å²) in [6, 6.07) is 16.9. The number of carbonyl (C=O) groups is 2. The number of hydrogen-bond donors (Lipinski definition) is 1. The van der Waals surface area contributed by atoms with E-state index in [1.165, 1.54) is 0 Å². The highest BCUT2D eigenvalue weighted by atomic mass is 16.5. The van der Waals surface area contributed by atoms with E-state index in [0.717, 1.165) is 24.0 Å². The first kappa shape index (κ1) is 21.5. The minimum atomic E-state index is -0.273. The van der Waals surface area contributed by atoms with E-state index in [1.807, 2.05) is 49.4 Å². The summed E-state index contributed by atoms with van der Waals surface area (Å²) in [5, 5.41) is 2.90. The number of piperidine rings is 1. The van der Waals surface area contributed by atoms with Crippen LogP contribution in [0.1, 0.15) is 34.3 Å². The smallest absolute Gasteiger partial charge is 0.254 e. The van der Waals surface area contributed by atoms with Crippen LogP contribution in [0.15, 0.2) is 67.0 Å². The molecule has 1 atom stereocenters. The van der Waals surface area contributed by atoms with Crippen molar-refractivity contribution < 1.29 is 14.3 Å². The van der Waals surface area contributed by atoms with E-state index in [-0.39, 0.29) is 17.7 Å². The summed E-state index contributed by atoms with van der Waals surface area (Å²) in [4.78, 5) is 36.1. The topological polar surface area (TPSA) is 84.4 Å². The zero-order valence-corrected chi connectivity index (χ0v) is 18.0. The number of likely N-dealkylation sites (tertiary alicyclic amines) is 1. The second-order valence-electron chi connectivity index (χ2n) is 7.91. The minimum Gasteiger partial charge on any atom is -0.473 e. The van der Waals surface area contributed by atoms with Gasteiger partial charge in [0.2, 0.25) is 11.8 Å². The van der Waals surface area contributed by atoms with Gasteiger partial charge in [0.05, 0.1) is 5.92 Å². The number of pyridine rings is 2. The Morgan fingerprint density at radius 2 is 1.94 bits per heavy atom. The van der Waals surface area contributed by atoms with Gasteiger partial charge in [-0.2, -0.15) is 0 Å². The summed E-state index contributed by atoms with van der Waals surface area (Å²) < 4.78 is 5.75. The van der Waals surface area contributed by atoms with Crippen LogP contribution < -0.4 is 10.1 Å². The molecule has 7 nitrogen and oxygen atoms in total. The van der Waals surface area contributed by atoms with Crippen molar-refractivity contribution in [3.8, 4) is 5.88 Å². The van der Waals surface area contributed by atoms with Gasteiger partial charge in [-0.3, -0.25) is 9.59 Å². The first-order valence-electron chi connectivity index (χ1n) is 10.7. The van der Waals surface area contributed by atoms with Crippen molar-refractivity contribution in [1.29, 1.82) is 0 Å². The molecular weight excluding hydrogens is 404 g/mol. The van der Waals surface area contributed by atoms with Gasteiger partial charge in [0.1, 0.15) is 12.4 Å². The first-order chi connectivity index (χ1) is 15.6. The number of aryl methyl sites for hydroxylation is 1. The van der Waals surface area contributed by atoms with Gasteiger partial charge in [0.25, 0.3) is 5.91 Å². The quantitative estimate of drug-likeness (QED) is 0.642. The molecule has 1 aliphatic heterocycles. The first-order valence-corrected chi connectivity index (χ1v) is 10.7. The van der Waals surface area contributed by atoms with Crippen LogP contribution in [-0.2, 0) is 11.4 Å². The van der Waals surface area contributed by atoms with Crippen LogP contribution in [0.25, 0.3) is 0 Å². The number of hydrogen-bond acceptors (Lipinski definition) is 5. The number of ether oxygens (including phenoxy) is 1. The Morgan fingerprint density at radius 1 is 1.09 bits per heavy atom. The summed E-state index contributed by atoms with van der Waals surface area (Å²) in [5.74, 6) is 0.464. The molecule has 1 fully saturated rings. The molecule has 3 aromatic rings. The molecule has 1 unspecified atom stereocenters. The fourth-order valence-electron chi connectivity index (χ4n) is 3.75. The summed E-state index contributed by atoms with van der Waals surface area (Å²) in [7, 11) is 0. The maximum Gasteiger partial charge on any atom is 0.254 e. The predicted molar refractivity (Wildman–Crippen MR) is 121 cm³/mol. The molecule has 3 heterocycles. The molecule has 0 radical (unpaired) electrons. The number of nitrogens with one attached hydrogen (secondary N) is 1. The normalized spacial score (nSPS) is 15.8. The molecule has 2 amide bonds. The molecule has 7 heteroatoms. The molecule has 2 aromatic heterocycles. The van der Waals surface area contributed by atoms with E-state index in [1.54, 1.807) is 29.4 Å². The van der Waals surface area contributed by atoms with Gasteiger partial charge in [0, 0.05) is 37.1 Å². The molecule has 32 heavy (non-hydrogen) atoms. The van der Waals surface area contributed by atoms with Crippen molar-refractivity contribution in [3.05, 3.63) is 83.7 Å². The van der Waals surface area contributed by atoms with E-state index >= 15 is 0 Å². The number of amides is 2. The third-order valence-electron chi connectivity index (χ3n) is 5.54. The van der Waals surface area contributed by atoms with Gasteiger partial charge in [-0.05, 0) is 43.0 Å². The zero-order chi connectivity index (χ0) is 22.3. The van der Waals surface area contributed by atoms with Crippen molar-refractivity contribution >= 4 is 17.6 Å². The molecule has 1 aromatic carbocycles. The highest BCUT2D eigenvalue weighted by molar-refractivity contribution is 5.96. The van der Waals surface area contributed by atoms with Crippen molar-refractivity contribution in [2.45, 2.75) is 26.4 Å². The Kier molecular flexibility index (Phi) is 6.75. The average molecular weight is 431 g/mol. The highest BCUT2D eigenvalue weighted by Gasteiger charge is 2.29. The number of nitrogens with zero attached hydrogens (tertiary/aromatic N) is 3. The van der Waals surface area contributed by atoms with Gasteiger partial charge in [-0.1, -0.05) is 36.4 Å². The fraction of sp³-hybridized carbons (Fsp3) is 0.280. The Bertz CT molecular complexity index is 1090. The van der Waals surface area contributed by atoms with Crippen LogP contribution in [0.4, 0.5) is 5.82 Å². The van der Waals surface area contributed by atoms with Crippen LogP contribution in [0.2, 0.25) is 0 Å². The Labute approximate surface area is 187 Å². The molecule has 0 bridgehead atoms. The second-order valence-corrected chi connectivity index (χ2v) is 7.91. The molecular formula is C25H26N4O3. The van der Waals surface area contributed by atoms with Crippen molar-refractivity contribution in [2.24, 2.45) is 5.92 Å². The fourth-order valence-corrected chi connectivity index (χ4v) is 3.75. The number of benzene rings is 1. The predicted octanol–water partition coefficient (Wildman–Crippen LogP) is 3.85. The molecule has 0 saturated carbocycles. The second kappa shape index (κ2) is 10.0. The van der Waals surface area contributed by atoms with Gasteiger partial charge < -0.3 is 15.0 Å². The highest BCUT2D eigenvalue weighted by Crippen LogP contribution is 2.22. The lowest BCUT2D eigenvalue weighted by Gasteiger charge is -2.32. The van der Waals surface area contributed by atoms with Gasteiger partial charge in [0.15, 0.2) is 0 Å². The number of anilines is 1. The number of rotatable bonds is 6. The van der Waals surface area contributed by atoms with Crippen LogP contribution in [0.5, 0.6) is 5.88 Å². The molecule has 4 rings (SSSR count). The molecule has 1 saturated heterocycles. The Hall–Kier alpha value is -3.74. The molecule has 0 spiro atoms. The van der Waals surface area contributed by atoms with Gasteiger partial charge >= 0.3 is 0 Å². The summed E-state index contributed by atoms with van der Waals surface area (Å²) >= 11 is 0. The summed E-state index contributed by atoms with van der Waals surface area (Å²) in [6.07, 6.45) is 4.74. The van der Waals surface area contributed by atoms with Gasteiger partial charge in [-0.15, -0.1) is 0 Å². The lowest BCUT2D eigenvalue weighted by atomic mass is 9.96. The molecule has 1 aliphatic rings. The lowest BCUT2D eigenvalue weighted by molar-refractivity contribution is -0.121. The SMILES string of the molecule is Cc1cccnc1NC(=O)C1CCCN(C(=O)c2ccnc(OCc3ccccc3)c2)C1. The van der Waals surface area contributed by atoms with E-state index in [4.69, 9.17) is 4.74 Å². The van der Waals surface area contributed by atoms with Crippen LogP contribution in [0, 0.1) is 12.8 Å². The third-order valence-corrected chi connectivity index (χ3v) is 5.54. The molecule has 164 valence electrons. The molecule has 0 aliphatic carbocycles. The van der Waals surface area contributed by atoms with Gasteiger partial charge in [-0.25, -0.2) is 9.97 Å². The van der Waals surface area contributed by atoms with Crippen LogP contribution in [-0.4, -0.2) is 39.8 Å². The average Bonchev–Trinajstić information content (AvgIpc) is 2.84. The summed E-state index contributed by atoms with van der Waals surface area (Å²) in [5.41, 5.74) is 2.44. The zero-order valence-electron chi connectivity index (χ0n) is 18.0. The number of aromatic nitrogens is 2. The minimum absolute atomic E-state index is 0.106. The Morgan fingerprint density at radius 3 is 2.75 bits per heavy atom. The summed E-state index contributed by atoms with van der Waals surface area (Å²) in [6.45, 7) is 3.28. The van der Waals surface area contributed by atoms with E-state index < -0.39 is 0 Å². The lowest BCUT2D eigenvalue weighted by Crippen LogP contribution is -2.43. The van der Waals surface area contributed by atoms with Crippen molar-refractivity contribution in [3.63, 3.8) is 0 Å². The largest absolute Gasteiger partial charge is 0.473 e. The number of carbonyl (C=O) groups excluding carboxylic acids is 2. The third kappa shape index (κ3) is 5.29. The standard InChI is InChI=1S/C25H26N4O3/c1-18-7-5-12-27-23(18)28-24(30)21-10-6-14-29(16-21)25(31)20-11-13-26-22(15-20)32-17-19-8-3-2-4-9-19/h2-5,7-9,11-13,15,21H,6,10,14,16-17H2,1H3,(H,27,28,30). The van der Waals surface area contributed by atoms with Crippen molar-refractivity contribution in [2.75, 3.05) is 18.4 Å². The van der Waals surface area contributed by atoms with E-state index in [0.29, 0.717) is 37.0 Å². The van der Waals surface area contributed by atoms with Crippen LogP contribution in [0.3, 0.4) is 0 Å². The maximum absolute atomic E-state index is 13.1. The Balaban J connectivity index is 1.38. The van der Waals surface area contributed by atoms with Crippen molar-refractivity contribution in [1.82, 2.24) is 14.9 Å². The monoisotopic (exact) mass is 430 g/mol. The molecule has 1 N–H and O–H groups in total. The van der Waals surface area contributed by atoms with Crippen LogP contribution >= 0.6 is 0 Å². The maximum atomic E-state index is 13.1. The van der Waals surface area contributed by atoms with E-state index in [2.05, 4.69) is 15.3 Å². The van der Waals surface area contributed by atoms with E-state index in [9.17, 15) is 9.59 Å².